The van der Waals surface area contributed by atoms with E-state index < -0.39 is 17.5 Å². The molecule has 4 rings (SSSR count). The Bertz CT molecular complexity index is 1030. The third kappa shape index (κ3) is 6.20. The first-order valence-electron chi connectivity index (χ1n) is 13.1. The molecule has 0 spiro atoms. The van der Waals surface area contributed by atoms with Gasteiger partial charge in [-0.2, -0.15) is 0 Å². The molecule has 0 aromatic heterocycles. The summed E-state index contributed by atoms with van der Waals surface area (Å²) in [6, 6.07) is 7.03. The van der Waals surface area contributed by atoms with Crippen LogP contribution in [0, 0.1) is 35.2 Å². The third-order valence-electron chi connectivity index (χ3n) is 8.03. The number of fused-ring (bicyclic) bond motifs is 1. The molecule has 0 N–H and O–H groups in total. The van der Waals surface area contributed by atoms with Gasteiger partial charge in [-0.25, -0.2) is 13.2 Å². The first kappa shape index (κ1) is 25.6. The van der Waals surface area contributed by atoms with Gasteiger partial charge in [-0.05, 0) is 118 Å². The summed E-state index contributed by atoms with van der Waals surface area (Å²) in [5, 5.41) is 0. The second-order valence-corrected chi connectivity index (χ2v) is 10.2. The molecule has 188 valence electrons. The van der Waals surface area contributed by atoms with Crippen LogP contribution in [0.2, 0.25) is 0 Å². The van der Waals surface area contributed by atoms with Crippen molar-refractivity contribution in [3.05, 3.63) is 77.7 Å². The zero-order chi connectivity index (χ0) is 24.8. The SMILES string of the molecule is C/C=C/CCC1CCC2CC(c3cc(F)c(-c4ccc(OC/C=C/C)c(F)c4)c(F)c3)CCC2C1. The molecule has 0 radical (unpaired) electrons. The van der Waals surface area contributed by atoms with Gasteiger partial charge in [-0.3, -0.25) is 0 Å². The second kappa shape index (κ2) is 12.0. The van der Waals surface area contributed by atoms with Crippen LogP contribution in [0.5, 0.6) is 5.75 Å². The number of allylic oxidation sites excluding steroid dienone is 3. The van der Waals surface area contributed by atoms with Gasteiger partial charge in [0.05, 0.1) is 5.56 Å². The van der Waals surface area contributed by atoms with E-state index in [1.54, 1.807) is 6.08 Å². The molecule has 2 aliphatic carbocycles. The molecule has 1 nitrogen and oxygen atoms in total. The van der Waals surface area contributed by atoms with Gasteiger partial charge in [0.25, 0.3) is 0 Å². The van der Waals surface area contributed by atoms with Crippen LogP contribution in [0.3, 0.4) is 0 Å². The van der Waals surface area contributed by atoms with Crippen molar-refractivity contribution in [3.63, 3.8) is 0 Å². The van der Waals surface area contributed by atoms with Crippen LogP contribution in [0.1, 0.15) is 76.7 Å². The van der Waals surface area contributed by atoms with Crippen molar-refractivity contribution in [1.82, 2.24) is 0 Å². The molecular weight excluding hydrogens is 445 g/mol. The summed E-state index contributed by atoms with van der Waals surface area (Å²) in [4.78, 5) is 0. The van der Waals surface area contributed by atoms with E-state index in [1.807, 2.05) is 13.0 Å². The maximum absolute atomic E-state index is 15.2. The zero-order valence-electron chi connectivity index (χ0n) is 20.9. The number of benzene rings is 2. The lowest BCUT2D eigenvalue weighted by molar-refractivity contribution is 0.115. The minimum Gasteiger partial charge on any atom is -0.486 e. The Kier molecular flexibility index (Phi) is 8.75. The molecule has 2 aromatic carbocycles. The maximum atomic E-state index is 15.2. The summed E-state index contributed by atoms with van der Waals surface area (Å²) in [6.45, 7) is 4.17. The molecular formula is C31H37F3O. The van der Waals surface area contributed by atoms with E-state index >= 15 is 8.78 Å². The van der Waals surface area contributed by atoms with Crippen LogP contribution in [0.25, 0.3) is 11.1 Å². The van der Waals surface area contributed by atoms with Gasteiger partial charge in [0, 0.05) is 0 Å². The summed E-state index contributed by atoms with van der Waals surface area (Å²) in [5.41, 5.74) is 0.745. The molecule has 0 bridgehead atoms. The second-order valence-electron chi connectivity index (χ2n) is 10.2. The molecule has 0 heterocycles. The van der Waals surface area contributed by atoms with E-state index in [2.05, 4.69) is 19.1 Å². The molecule has 2 aliphatic rings. The average molecular weight is 483 g/mol. The molecule has 4 unspecified atom stereocenters. The van der Waals surface area contributed by atoms with Crippen molar-refractivity contribution in [2.24, 2.45) is 17.8 Å². The first-order chi connectivity index (χ1) is 17.0. The van der Waals surface area contributed by atoms with Crippen molar-refractivity contribution >= 4 is 0 Å². The van der Waals surface area contributed by atoms with Crippen molar-refractivity contribution in [1.29, 1.82) is 0 Å². The van der Waals surface area contributed by atoms with Crippen molar-refractivity contribution in [2.75, 3.05) is 6.61 Å². The Labute approximate surface area is 208 Å². The van der Waals surface area contributed by atoms with Gasteiger partial charge < -0.3 is 4.74 Å². The lowest BCUT2D eigenvalue weighted by Crippen LogP contribution is -2.30. The summed E-state index contributed by atoms with van der Waals surface area (Å²) in [7, 11) is 0. The molecule has 2 aromatic rings. The Morgan fingerprint density at radius 1 is 0.829 bits per heavy atom. The predicted molar refractivity (Wildman–Crippen MR) is 137 cm³/mol. The quantitative estimate of drug-likeness (QED) is 0.341. The lowest BCUT2D eigenvalue weighted by Gasteiger charge is -2.42. The highest BCUT2D eigenvalue weighted by Gasteiger charge is 2.36. The highest BCUT2D eigenvalue weighted by Crippen LogP contribution is 2.49. The number of halogens is 3. The van der Waals surface area contributed by atoms with Crippen LogP contribution in [-0.2, 0) is 0 Å². The number of ether oxygens (including phenoxy) is 1. The number of hydrogen-bond donors (Lipinski definition) is 0. The Hall–Kier alpha value is -2.49. The summed E-state index contributed by atoms with van der Waals surface area (Å²) >= 11 is 0. The topological polar surface area (TPSA) is 9.23 Å². The minimum atomic E-state index is -0.630. The standard InChI is InChI=1S/C31H37F3O/c1-3-5-7-8-21-9-10-23-17-24(12-11-22(23)16-21)26-19-28(33)31(29(34)20-26)25-13-14-30(27(32)18-25)35-15-6-4-2/h3-6,13-14,18-24H,7-12,15-17H2,1-2H3/b5-3+,6-4+. The smallest absolute Gasteiger partial charge is 0.165 e. The fraction of sp³-hybridized carbons (Fsp3) is 0.484. The highest BCUT2D eigenvalue weighted by atomic mass is 19.1. The van der Waals surface area contributed by atoms with Crippen LogP contribution in [0.4, 0.5) is 13.2 Å². The highest BCUT2D eigenvalue weighted by molar-refractivity contribution is 5.66. The van der Waals surface area contributed by atoms with Crippen LogP contribution in [0.15, 0.2) is 54.6 Å². The van der Waals surface area contributed by atoms with Gasteiger partial charge in [0.15, 0.2) is 11.6 Å². The van der Waals surface area contributed by atoms with Crippen LogP contribution in [-0.4, -0.2) is 6.61 Å². The Balaban J connectivity index is 1.44. The average Bonchev–Trinajstić information content (AvgIpc) is 2.85. The zero-order valence-corrected chi connectivity index (χ0v) is 20.9. The lowest BCUT2D eigenvalue weighted by atomic mass is 9.63. The van der Waals surface area contributed by atoms with E-state index in [-0.39, 0.29) is 29.4 Å². The Morgan fingerprint density at radius 3 is 2.26 bits per heavy atom. The molecule has 35 heavy (non-hydrogen) atoms. The van der Waals surface area contributed by atoms with E-state index in [9.17, 15) is 4.39 Å². The molecule has 4 atom stereocenters. The van der Waals surface area contributed by atoms with E-state index in [0.29, 0.717) is 5.92 Å². The molecule has 0 aliphatic heterocycles. The predicted octanol–water partition coefficient (Wildman–Crippen LogP) is 9.38. The van der Waals surface area contributed by atoms with Gasteiger partial charge in [0.2, 0.25) is 0 Å². The van der Waals surface area contributed by atoms with E-state index in [0.717, 1.165) is 42.7 Å². The summed E-state index contributed by atoms with van der Waals surface area (Å²) < 4.78 is 50.1. The van der Waals surface area contributed by atoms with Crippen LogP contribution < -0.4 is 4.74 Å². The van der Waals surface area contributed by atoms with Crippen molar-refractivity contribution < 1.29 is 17.9 Å². The van der Waals surface area contributed by atoms with Gasteiger partial charge in [-0.1, -0.05) is 36.8 Å². The molecule has 4 heteroatoms. The fourth-order valence-corrected chi connectivity index (χ4v) is 6.16. The van der Waals surface area contributed by atoms with Gasteiger partial charge in [-0.15, -0.1) is 0 Å². The molecule has 2 saturated carbocycles. The van der Waals surface area contributed by atoms with Crippen molar-refractivity contribution in [2.45, 2.75) is 71.1 Å². The minimum absolute atomic E-state index is 0.0672. The molecule has 0 saturated heterocycles. The van der Waals surface area contributed by atoms with E-state index in [4.69, 9.17) is 4.74 Å². The molecule has 0 amide bonds. The van der Waals surface area contributed by atoms with Crippen molar-refractivity contribution in [3.8, 4) is 16.9 Å². The number of rotatable bonds is 8. The monoisotopic (exact) mass is 482 g/mol. The summed E-state index contributed by atoms with van der Waals surface area (Å²) in [6.07, 6.45) is 17.3. The first-order valence-corrected chi connectivity index (χ1v) is 13.1. The maximum Gasteiger partial charge on any atom is 0.165 e. The third-order valence-corrected chi connectivity index (χ3v) is 8.03. The fourth-order valence-electron chi connectivity index (χ4n) is 6.16. The van der Waals surface area contributed by atoms with E-state index in [1.165, 1.54) is 56.4 Å². The van der Waals surface area contributed by atoms with Gasteiger partial charge >= 0.3 is 0 Å². The normalized spacial score (nSPS) is 24.7. The largest absolute Gasteiger partial charge is 0.486 e. The van der Waals surface area contributed by atoms with Gasteiger partial charge in [0.1, 0.15) is 18.2 Å². The van der Waals surface area contributed by atoms with Crippen LogP contribution >= 0.6 is 0 Å². The summed E-state index contributed by atoms with van der Waals surface area (Å²) in [5.74, 6) is 0.593. The number of hydrogen-bond acceptors (Lipinski definition) is 1. The Morgan fingerprint density at radius 2 is 1.54 bits per heavy atom. The molecule has 2 fully saturated rings.